The minimum Gasteiger partial charge on any atom is -0.312 e. The molecule has 0 saturated heterocycles. The van der Waals surface area contributed by atoms with E-state index in [1.807, 2.05) is 7.05 Å². The quantitative estimate of drug-likeness (QED) is 0.667. The minimum absolute atomic E-state index is 0.441. The van der Waals surface area contributed by atoms with E-state index in [0.29, 0.717) is 6.04 Å². The normalized spacial score (nSPS) is 12.6. The average molecular weight is 403 g/mol. The second-order valence-corrected chi connectivity index (χ2v) is 7.75. The molecule has 0 amide bonds. The van der Waals surface area contributed by atoms with Gasteiger partial charge in [-0.05, 0) is 69.8 Å². The van der Waals surface area contributed by atoms with Gasteiger partial charge < -0.3 is 5.32 Å². The van der Waals surface area contributed by atoms with Crippen LogP contribution >= 0.6 is 43.2 Å². The molecule has 1 unspecified atom stereocenters. The number of rotatable bonds is 6. The summed E-state index contributed by atoms with van der Waals surface area (Å²) >= 11 is 8.92. The Morgan fingerprint density at radius 3 is 2.53 bits per heavy atom. The molecular formula is C15H17Br2NS. The summed E-state index contributed by atoms with van der Waals surface area (Å²) in [5.41, 5.74) is 1.42. The van der Waals surface area contributed by atoms with Gasteiger partial charge in [-0.2, -0.15) is 0 Å². The molecule has 1 N–H and O–H groups in total. The molecule has 2 aromatic rings. The zero-order valence-corrected chi connectivity index (χ0v) is 14.8. The number of hydrogen-bond acceptors (Lipinski definition) is 2. The third-order valence-corrected chi connectivity index (χ3v) is 6.53. The van der Waals surface area contributed by atoms with E-state index in [2.05, 4.69) is 73.6 Å². The van der Waals surface area contributed by atoms with Crippen LogP contribution in [0, 0.1) is 0 Å². The Labute approximate surface area is 135 Å². The lowest BCUT2D eigenvalue weighted by Gasteiger charge is -2.14. The van der Waals surface area contributed by atoms with Crippen molar-refractivity contribution in [3.63, 3.8) is 0 Å². The van der Waals surface area contributed by atoms with E-state index in [9.17, 15) is 0 Å². The summed E-state index contributed by atoms with van der Waals surface area (Å²) in [5.74, 6) is 0. The van der Waals surface area contributed by atoms with Crippen molar-refractivity contribution in [2.45, 2.75) is 25.3 Å². The van der Waals surface area contributed by atoms with Gasteiger partial charge in [0.05, 0.1) is 3.79 Å². The lowest BCUT2D eigenvalue weighted by atomic mass is 10.0. The minimum atomic E-state index is 0.441. The largest absolute Gasteiger partial charge is 0.312 e. The zero-order chi connectivity index (χ0) is 13.7. The summed E-state index contributed by atoms with van der Waals surface area (Å²) < 4.78 is 2.32. The predicted molar refractivity (Wildman–Crippen MR) is 90.9 cm³/mol. The standard InChI is InChI=1S/C15H17Br2NS/c1-18-13(14-10-12(16)15(17)19-14)9-5-8-11-6-3-2-4-7-11/h2-4,6-7,10,13,18H,5,8-9H2,1H3. The van der Waals surface area contributed by atoms with Gasteiger partial charge in [-0.3, -0.25) is 0 Å². The van der Waals surface area contributed by atoms with E-state index in [4.69, 9.17) is 0 Å². The molecular weight excluding hydrogens is 386 g/mol. The van der Waals surface area contributed by atoms with Crippen molar-refractivity contribution in [1.82, 2.24) is 5.32 Å². The Balaban J connectivity index is 1.89. The first-order valence-electron chi connectivity index (χ1n) is 6.36. The van der Waals surface area contributed by atoms with Crippen LogP contribution in [0.25, 0.3) is 0 Å². The van der Waals surface area contributed by atoms with Crippen molar-refractivity contribution >= 4 is 43.2 Å². The molecule has 2 rings (SSSR count). The summed E-state index contributed by atoms with van der Waals surface area (Å²) in [6.45, 7) is 0. The highest BCUT2D eigenvalue weighted by molar-refractivity contribution is 9.13. The molecule has 0 saturated carbocycles. The number of thiophene rings is 1. The summed E-state index contributed by atoms with van der Waals surface area (Å²) in [6.07, 6.45) is 3.50. The van der Waals surface area contributed by atoms with E-state index < -0.39 is 0 Å². The number of benzene rings is 1. The molecule has 0 bridgehead atoms. The van der Waals surface area contributed by atoms with Crippen LogP contribution in [0.3, 0.4) is 0 Å². The van der Waals surface area contributed by atoms with E-state index in [1.165, 1.54) is 20.6 Å². The van der Waals surface area contributed by atoms with Gasteiger partial charge in [-0.25, -0.2) is 0 Å². The van der Waals surface area contributed by atoms with Gasteiger partial charge in [0.25, 0.3) is 0 Å². The number of hydrogen-bond donors (Lipinski definition) is 1. The highest BCUT2D eigenvalue weighted by Crippen LogP contribution is 2.36. The van der Waals surface area contributed by atoms with Crippen LogP contribution in [-0.2, 0) is 6.42 Å². The smallest absolute Gasteiger partial charge is 0.0843 e. The predicted octanol–water partition coefficient (Wildman–Crippen LogP) is 5.56. The molecule has 1 aromatic heterocycles. The average Bonchev–Trinajstić information content (AvgIpc) is 2.76. The first-order valence-corrected chi connectivity index (χ1v) is 8.77. The summed E-state index contributed by atoms with van der Waals surface area (Å²) in [4.78, 5) is 1.38. The molecule has 102 valence electrons. The fraction of sp³-hybridized carbons (Fsp3) is 0.333. The molecule has 1 atom stereocenters. The van der Waals surface area contributed by atoms with Gasteiger partial charge in [0.15, 0.2) is 0 Å². The van der Waals surface area contributed by atoms with Crippen LogP contribution in [0.2, 0.25) is 0 Å². The van der Waals surface area contributed by atoms with Crippen molar-refractivity contribution in [3.8, 4) is 0 Å². The highest BCUT2D eigenvalue weighted by Gasteiger charge is 2.13. The van der Waals surface area contributed by atoms with Crippen molar-refractivity contribution in [2.24, 2.45) is 0 Å². The molecule has 19 heavy (non-hydrogen) atoms. The molecule has 1 heterocycles. The molecule has 1 aromatic carbocycles. The summed E-state index contributed by atoms with van der Waals surface area (Å²) in [6, 6.07) is 13.3. The maximum Gasteiger partial charge on any atom is 0.0843 e. The third kappa shape index (κ3) is 4.42. The first kappa shape index (κ1) is 15.2. The fourth-order valence-electron chi connectivity index (χ4n) is 2.12. The molecule has 0 aliphatic carbocycles. The first-order chi connectivity index (χ1) is 9.20. The maximum atomic E-state index is 3.56. The highest BCUT2D eigenvalue weighted by atomic mass is 79.9. The van der Waals surface area contributed by atoms with E-state index in [0.717, 1.165) is 17.3 Å². The Morgan fingerprint density at radius 2 is 1.95 bits per heavy atom. The lowest BCUT2D eigenvalue weighted by Crippen LogP contribution is -2.15. The van der Waals surface area contributed by atoms with Crippen LogP contribution < -0.4 is 5.32 Å². The van der Waals surface area contributed by atoms with Gasteiger partial charge >= 0.3 is 0 Å². The van der Waals surface area contributed by atoms with Crippen molar-refractivity contribution in [1.29, 1.82) is 0 Å². The van der Waals surface area contributed by atoms with E-state index in [-0.39, 0.29) is 0 Å². The van der Waals surface area contributed by atoms with Gasteiger partial charge in [0.1, 0.15) is 0 Å². The van der Waals surface area contributed by atoms with Crippen molar-refractivity contribution < 1.29 is 0 Å². The van der Waals surface area contributed by atoms with Crippen LogP contribution in [0.5, 0.6) is 0 Å². The lowest BCUT2D eigenvalue weighted by molar-refractivity contribution is 0.534. The Morgan fingerprint density at radius 1 is 1.21 bits per heavy atom. The second kappa shape index (κ2) is 7.58. The SMILES string of the molecule is CNC(CCCc1ccccc1)c1cc(Br)c(Br)s1. The molecule has 1 nitrogen and oxygen atoms in total. The Hall–Kier alpha value is -0.160. The molecule has 0 spiro atoms. The van der Waals surface area contributed by atoms with E-state index >= 15 is 0 Å². The monoisotopic (exact) mass is 401 g/mol. The molecule has 0 aliphatic rings. The van der Waals surface area contributed by atoms with Gasteiger partial charge in [-0.15, -0.1) is 11.3 Å². The number of aryl methyl sites for hydroxylation is 1. The molecule has 0 fully saturated rings. The van der Waals surface area contributed by atoms with Gasteiger partial charge in [0.2, 0.25) is 0 Å². The van der Waals surface area contributed by atoms with Gasteiger partial charge in [-0.1, -0.05) is 30.3 Å². The molecule has 0 radical (unpaired) electrons. The van der Waals surface area contributed by atoms with Crippen molar-refractivity contribution in [2.75, 3.05) is 7.05 Å². The summed E-state index contributed by atoms with van der Waals surface area (Å²) in [7, 11) is 2.04. The molecule has 0 aliphatic heterocycles. The van der Waals surface area contributed by atoms with Crippen LogP contribution in [0.15, 0.2) is 44.7 Å². The second-order valence-electron chi connectivity index (χ2n) is 4.49. The summed E-state index contributed by atoms with van der Waals surface area (Å²) in [5, 5.41) is 3.41. The Bertz CT molecular complexity index is 491. The number of nitrogens with one attached hydrogen (secondary N) is 1. The Kier molecular flexibility index (Phi) is 6.07. The fourth-order valence-corrected chi connectivity index (χ4v) is 4.35. The van der Waals surface area contributed by atoms with E-state index in [1.54, 1.807) is 11.3 Å². The maximum absolute atomic E-state index is 3.56. The zero-order valence-electron chi connectivity index (χ0n) is 10.8. The van der Waals surface area contributed by atoms with Crippen LogP contribution in [-0.4, -0.2) is 7.05 Å². The molecule has 4 heteroatoms. The van der Waals surface area contributed by atoms with Gasteiger partial charge in [0, 0.05) is 15.4 Å². The topological polar surface area (TPSA) is 12.0 Å². The van der Waals surface area contributed by atoms with Crippen LogP contribution in [0.4, 0.5) is 0 Å². The third-order valence-electron chi connectivity index (χ3n) is 3.16. The van der Waals surface area contributed by atoms with Crippen LogP contribution in [0.1, 0.15) is 29.3 Å². The number of halogens is 2. The van der Waals surface area contributed by atoms with Crippen molar-refractivity contribution in [3.05, 3.63) is 55.1 Å².